The normalized spacial score (nSPS) is 13.5. The monoisotopic (exact) mass is 587 g/mol. The molecule has 6 rings (SSSR count). The molecule has 0 unspecified atom stereocenters. The summed E-state index contributed by atoms with van der Waals surface area (Å²) in [6.07, 6.45) is 3.99. The van der Waals surface area contributed by atoms with Crippen molar-refractivity contribution in [3.05, 3.63) is 96.3 Å². The molecule has 0 saturated heterocycles. The molecule has 44 heavy (non-hydrogen) atoms. The van der Waals surface area contributed by atoms with E-state index in [0.717, 1.165) is 46.4 Å². The van der Waals surface area contributed by atoms with E-state index in [1.807, 2.05) is 92.7 Å². The Balaban J connectivity index is 1.22. The second-order valence-corrected chi connectivity index (χ2v) is 12.2. The SMILES string of the molecule is CC(=NC1CC1)Nc1cc(Oc2ccc(NC(=O)Nc3cc(C(C)(C)C)nn3-c3ccc(C)cc3)c3ccccc23)ccn1. The second kappa shape index (κ2) is 11.8. The highest BCUT2D eigenvalue weighted by Gasteiger charge is 2.22. The van der Waals surface area contributed by atoms with E-state index in [9.17, 15) is 4.79 Å². The number of amides is 2. The summed E-state index contributed by atoms with van der Waals surface area (Å²) in [5.41, 5.74) is 3.36. The number of fused-ring (bicyclic) bond motifs is 1. The maximum atomic E-state index is 13.4. The number of hydrogen-bond acceptors (Lipinski definition) is 5. The van der Waals surface area contributed by atoms with E-state index >= 15 is 0 Å². The van der Waals surface area contributed by atoms with Crippen LogP contribution >= 0.6 is 0 Å². The Morgan fingerprint density at radius 1 is 0.932 bits per heavy atom. The Kier molecular flexibility index (Phi) is 7.78. The lowest BCUT2D eigenvalue weighted by molar-refractivity contribution is 0.262. The van der Waals surface area contributed by atoms with E-state index in [1.54, 1.807) is 10.9 Å². The third-order valence-corrected chi connectivity index (χ3v) is 7.32. The lowest BCUT2D eigenvalue weighted by Crippen LogP contribution is -2.21. The molecule has 0 atom stereocenters. The van der Waals surface area contributed by atoms with Gasteiger partial charge < -0.3 is 15.4 Å². The van der Waals surface area contributed by atoms with Crippen molar-refractivity contribution in [2.24, 2.45) is 4.99 Å². The number of carbonyl (C=O) groups is 1. The third kappa shape index (κ3) is 6.72. The van der Waals surface area contributed by atoms with Crippen molar-refractivity contribution < 1.29 is 9.53 Å². The van der Waals surface area contributed by atoms with Crippen LogP contribution in [-0.2, 0) is 5.41 Å². The van der Waals surface area contributed by atoms with Gasteiger partial charge in [-0.2, -0.15) is 5.10 Å². The van der Waals surface area contributed by atoms with Crippen molar-refractivity contribution >= 4 is 40.0 Å². The van der Waals surface area contributed by atoms with E-state index < -0.39 is 0 Å². The van der Waals surface area contributed by atoms with Crippen LogP contribution in [-0.4, -0.2) is 32.7 Å². The van der Waals surface area contributed by atoms with Crippen molar-refractivity contribution in [1.29, 1.82) is 0 Å². The fourth-order valence-electron chi connectivity index (χ4n) is 4.82. The van der Waals surface area contributed by atoms with Crippen molar-refractivity contribution in [2.45, 2.75) is 58.9 Å². The number of amidine groups is 1. The Labute approximate surface area is 257 Å². The molecule has 1 aliphatic carbocycles. The summed E-state index contributed by atoms with van der Waals surface area (Å²) in [4.78, 5) is 22.4. The third-order valence-electron chi connectivity index (χ3n) is 7.32. The number of ether oxygens (including phenoxy) is 1. The molecule has 3 aromatic carbocycles. The maximum absolute atomic E-state index is 13.4. The molecule has 0 bridgehead atoms. The second-order valence-electron chi connectivity index (χ2n) is 12.2. The molecular formula is C35H37N7O2. The Morgan fingerprint density at radius 3 is 2.41 bits per heavy atom. The van der Waals surface area contributed by atoms with Crippen LogP contribution in [0, 0.1) is 6.92 Å². The van der Waals surface area contributed by atoms with Crippen LogP contribution in [0.25, 0.3) is 16.5 Å². The van der Waals surface area contributed by atoms with Gasteiger partial charge in [0.05, 0.1) is 28.9 Å². The molecule has 224 valence electrons. The van der Waals surface area contributed by atoms with Crippen LogP contribution in [0.3, 0.4) is 0 Å². The highest BCUT2D eigenvalue weighted by atomic mass is 16.5. The number of carbonyl (C=O) groups excluding carboxylic acids is 1. The Bertz CT molecular complexity index is 1850. The predicted molar refractivity (Wildman–Crippen MR) is 178 cm³/mol. The molecule has 2 amide bonds. The predicted octanol–water partition coefficient (Wildman–Crippen LogP) is 8.46. The largest absolute Gasteiger partial charge is 0.457 e. The van der Waals surface area contributed by atoms with Crippen LogP contribution in [0.1, 0.15) is 51.8 Å². The summed E-state index contributed by atoms with van der Waals surface area (Å²) in [6.45, 7) is 10.3. The number of benzene rings is 3. The van der Waals surface area contributed by atoms with Crippen molar-refractivity contribution in [3.8, 4) is 17.2 Å². The number of urea groups is 1. The van der Waals surface area contributed by atoms with Crippen LogP contribution in [0.4, 0.5) is 22.1 Å². The molecule has 9 nitrogen and oxygen atoms in total. The van der Waals surface area contributed by atoms with Gasteiger partial charge in [-0.15, -0.1) is 0 Å². The number of nitrogens with zero attached hydrogens (tertiary/aromatic N) is 4. The summed E-state index contributed by atoms with van der Waals surface area (Å²) >= 11 is 0. The van der Waals surface area contributed by atoms with Crippen molar-refractivity contribution in [3.63, 3.8) is 0 Å². The zero-order valence-electron chi connectivity index (χ0n) is 25.7. The molecule has 3 N–H and O–H groups in total. The topological polar surface area (TPSA) is 105 Å². The summed E-state index contributed by atoms with van der Waals surface area (Å²) in [5, 5.41) is 15.8. The average molecular weight is 588 g/mol. The smallest absolute Gasteiger partial charge is 0.324 e. The van der Waals surface area contributed by atoms with Crippen molar-refractivity contribution in [2.75, 3.05) is 16.0 Å². The van der Waals surface area contributed by atoms with Crippen LogP contribution in [0.2, 0.25) is 0 Å². The van der Waals surface area contributed by atoms with Gasteiger partial charge >= 0.3 is 6.03 Å². The van der Waals surface area contributed by atoms with E-state index in [1.165, 1.54) is 0 Å². The molecule has 5 aromatic rings. The number of aryl methyl sites for hydroxylation is 1. The molecule has 0 spiro atoms. The lowest BCUT2D eigenvalue weighted by atomic mass is 9.92. The molecule has 9 heteroatoms. The van der Waals surface area contributed by atoms with Crippen LogP contribution < -0.4 is 20.7 Å². The van der Waals surface area contributed by atoms with Gasteiger partial charge in [0.25, 0.3) is 0 Å². The first-order valence-electron chi connectivity index (χ1n) is 14.8. The zero-order chi connectivity index (χ0) is 30.8. The summed E-state index contributed by atoms with van der Waals surface area (Å²) in [7, 11) is 0. The van der Waals surface area contributed by atoms with Gasteiger partial charge in [0, 0.05) is 34.5 Å². The zero-order valence-corrected chi connectivity index (χ0v) is 25.7. The van der Waals surface area contributed by atoms with Gasteiger partial charge in [-0.3, -0.25) is 10.3 Å². The van der Waals surface area contributed by atoms with Crippen LogP contribution in [0.5, 0.6) is 11.5 Å². The highest BCUT2D eigenvalue weighted by Crippen LogP contribution is 2.35. The molecule has 2 heterocycles. The number of hydrogen-bond donors (Lipinski definition) is 3. The molecule has 0 radical (unpaired) electrons. The first-order valence-corrected chi connectivity index (χ1v) is 14.8. The molecule has 2 aromatic heterocycles. The van der Waals surface area contributed by atoms with Crippen LogP contribution in [0.15, 0.2) is 90.1 Å². The standard InChI is InChI=1S/C35H37N7O2/c1-22-10-14-25(15-11-22)42-33(21-31(41-42)35(3,4)5)40-34(43)39-29-16-17-30(28-9-7-6-8-27(28)29)44-26-18-19-36-32(20-26)38-23(2)37-24-12-13-24/h6-11,14-21,24H,12-13H2,1-5H3,(H,36,37,38)(H2,39,40,43). The number of anilines is 3. The number of aromatic nitrogens is 3. The Morgan fingerprint density at radius 2 is 1.68 bits per heavy atom. The maximum Gasteiger partial charge on any atom is 0.324 e. The average Bonchev–Trinajstić information content (AvgIpc) is 3.69. The minimum atomic E-state index is -0.370. The van der Waals surface area contributed by atoms with E-state index in [0.29, 0.717) is 34.9 Å². The fraction of sp³-hybridized carbons (Fsp3) is 0.257. The van der Waals surface area contributed by atoms with Gasteiger partial charge in [0.2, 0.25) is 0 Å². The van der Waals surface area contributed by atoms with Crippen molar-refractivity contribution in [1.82, 2.24) is 14.8 Å². The van der Waals surface area contributed by atoms with Gasteiger partial charge in [-0.05, 0) is 57.0 Å². The van der Waals surface area contributed by atoms with Gasteiger partial charge in [0.15, 0.2) is 0 Å². The van der Waals surface area contributed by atoms with E-state index in [-0.39, 0.29) is 11.4 Å². The minimum Gasteiger partial charge on any atom is -0.457 e. The quantitative estimate of drug-likeness (QED) is 0.131. The molecular weight excluding hydrogens is 550 g/mol. The molecule has 1 aliphatic rings. The summed E-state index contributed by atoms with van der Waals surface area (Å²) < 4.78 is 8.08. The first kappa shape index (κ1) is 28.9. The van der Waals surface area contributed by atoms with E-state index in [2.05, 4.69) is 46.7 Å². The van der Waals surface area contributed by atoms with Gasteiger partial charge in [-0.25, -0.2) is 14.5 Å². The minimum absolute atomic E-state index is 0.191. The number of nitrogens with one attached hydrogen (secondary N) is 3. The van der Waals surface area contributed by atoms with Gasteiger partial charge in [0.1, 0.15) is 23.1 Å². The molecule has 1 fully saturated rings. The fourth-order valence-corrected chi connectivity index (χ4v) is 4.82. The highest BCUT2D eigenvalue weighted by molar-refractivity contribution is 6.07. The van der Waals surface area contributed by atoms with E-state index in [4.69, 9.17) is 9.84 Å². The number of pyridine rings is 1. The molecule has 1 saturated carbocycles. The number of rotatable bonds is 7. The lowest BCUT2D eigenvalue weighted by Gasteiger charge is -2.15. The number of aliphatic imine (C=N–C) groups is 1. The summed E-state index contributed by atoms with van der Waals surface area (Å²) in [6, 6.07) is 25.2. The Hall–Kier alpha value is -5.18. The van der Waals surface area contributed by atoms with Gasteiger partial charge in [-0.1, -0.05) is 62.7 Å². The summed E-state index contributed by atoms with van der Waals surface area (Å²) in [5.74, 6) is 3.40. The molecule has 0 aliphatic heterocycles. The first-order chi connectivity index (χ1) is 21.1.